The van der Waals surface area contributed by atoms with Crippen molar-refractivity contribution in [2.24, 2.45) is 4.99 Å². The second-order valence-electron chi connectivity index (χ2n) is 2.18. The summed E-state index contributed by atoms with van der Waals surface area (Å²) >= 11 is 1.31. The monoisotopic (exact) mass is 190 g/mol. The Balaban J connectivity index is 4.62. The molecular formula is C6H10N2OS2. The molecule has 0 fully saturated rings. The van der Waals surface area contributed by atoms with Crippen molar-refractivity contribution in [2.75, 3.05) is 18.8 Å². The van der Waals surface area contributed by atoms with Crippen molar-refractivity contribution in [3.05, 3.63) is 15.8 Å². The van der Waals surface area contributed by atoms with E-state index in [0.717, 1.165) is 0 Å². The van der Waals surface area contributed by atoms with Crippen molar-refractivity contribution in [3.63, 3.8) is 0 Å². The molecule has 5 heteroatoms. The molecule has 0 N–H and O–H groups in total. The third-order valence-electron chi connectivity index (χ3n) is 0.754. The summed E-state index contributed by atoms with van der Waals surface area (Å²) in [6.07, 6.45) is 5.00. The van der Waals surface area contributed by atoms with Gasteiger partial charge in [-0.05, 0) is 6.26 Å². The van der Waals surface area contributed by atoms with Gasteiger partial charge in [0, 0.05) is 5.03 Å². The molecule has 62 valence electrons. The summed E-state index contributed by atoms with van der Waals surface area (Å²) in [5.74, 6) is 0. The number of rotatable bonds is 3. The van der Waals surface area contributed by atoms with Gasteiger partial charge in [0.05, 0.1) is 0 Å². The third kappa shape index (κ3) is 6.04. The molecule has 0 aliphatic carbocycles. The van der Waals surface area contributed by atoms with Gasteiger partial charge in [-0.15, -0.1) is 16.0 Å². The fourth-order valence-electron chi connectivity index (χ4n) is 0.412. The lowest BCUT2D eigenvalue weighted by molar-refractivity contribution is 0.595. The van der Waals surface area contributed by atoms with Crippen molar-refractivity contribution >= 4 is 27.7 Å². The summed E-state index contributed by atoms with van der Waals surface area (Å²) in [6.45, 7) is 0. The summed E-state index contributed by atoms with van der Waals surface area (Å²) in [5.41, 5.74) is 0. The number of hydrogen-bond acceptors (Lipinski definition) is 3. The molecular weight excluding hydrogens is 180 g/mol. The molecule has 0 aromatic heterocycles. The molecule has 0 heterocycles. The van der Waals surface area contributed by atoms with Crippen LogP contribution in [0.3, 0.4) is 0 Å². The van der Waals surface area contributed by atoms with Crippen LogP contribution in [0.15, 0.2) is 15.4 Å². The van der Waals surface area contributed by atoms with E-state index >= 15 is 0 Å². The minimum atomic E-state index is -1.94. The molecule has 0 spiro atoms. The van der Waals surface area contributed by atoms with Gasteiger partial charge in [0.1, 0.15) is 27.9 Å². The minimum Gasteiger partial charge on any atom is -0.422 e. The standard InChI is InChI=1S/C6H10N2OS2/c1-10-6(8-5-7)4-11(2,3)9/h4H,1-3H3/b6-4+. The van der Waals surface area contributed by atoms with E-state index in [9.17, 15) is 4.21 Å². The predicted molar refractivity (Wildman–Crippen MR) is 52.3 cm³/mol. The van der Waals surface area contributed by atoms with Gasteiger partial charge in [0.2, 0.25) is 0 Å². The first-order chi connectivity index (χ1) is 4.99. The topological polar surface area (TPSA) is 51.7 Å². The Morgan fingerprint density at radius 2 is 2.27 bits per heavy atom. The minimum absolute atomic E-state index is 0.516. The average molecular weight is 190 g/mol. The lowest BCUT2D eigenvalue weighted by atomic mass is 11.0. The molecule has 0 saturated carbocycles. The Kier molecular flexibility index (Phi) is 4.33. The molecule has 0 amide bonds. The molecule has 11 heavy (non-hydrogen) atoms. The predicted octanol–water partition coefficient (Wildman–Crippen LogP) is 1.65. The van der Waals surface area contributed by atoms with Crippen molar-refractivity contribution in [3.8, 4) is 0 Å². The van der Waals surface area contributed by atoms with Gasteiger partial charge in [-0.3, -0.25) is 0 Å². The molecule has 0 unspecified atom stereocenters. The Bertz CT molecular complexity index is 247. The third-order valence-corrected chi connectivity index (χ3v) is 2.32. The summed E-state index contributed by atoms with van der Waals surface area (Å²) in [4.78, 5) is 3.48. The Morgan fingerprint density at radius 3 is 2.55 bits per heavy atom. The first kappa shape index (κ1) is 10.6. The zero-order valence-corrected chi connectivity index (χ0v) is 8.33. The summed E-state index contributed by atoms with van der Waals surface area (Å²) in [7, 11) is -1.94. The van der Waals surface area contributed by atoms with Crippen molar-refractivity contribution in [1.29, 1.82) is 0 Å². The van der Waals surface area contributed by atoms with Crippen LogP contribution < -0.4 is 0 Å². The van der Waals surface area contributed by atoms with Gasteiger partial charge in [0.25, 0.3) is 0 Å². The van der Waals surface area contributed by atoms with Crippen molar-refractivity contribution in [1.82, 2.24) is 0 Å². The van der Waals surface area contributed by atoms with E-state index in [1.165, 1.54) is 17.2 Å². The van der Waals surface area contributed by atoms with Crippen molar-refractivity contribution in [2.45, 2.75) is 0 Å². The van der Waals surface area contributed by atoms with Crippen LogP contribution in [-0.4, -0.2) is 24.8 Å². The van der Waals surface area contributed by atoms with Gasteiger partial charge in [-0.2, -0.15) is 6.01 Å². The quantitative estimate of drug-likeness (QED) is 0.502. The highest BCUT2D eigenvalue weighted by molar-refractivity contribution is 8.07. The highest BCUT2D eigenvalue weighted by atomic mass is 32.2. The highest BCUT2D eigenvalue weighted by Crippen LogP contribution is 2.15. The normalized spacial score (nSPS) is 12.5. The molecule has 0 atom stereocenters. The van der Waals surface area contributed by atoms with E-state index in [2.05, 4.69) is 4.99 Å². The van der Waals surface area contributed by atoms with E-state index < -0.39 is 9.93 Å². The molecule has 0 aliphatic rings. The first-order valence-corrected chi connectivity index (χ1v) is 6.45. The number of thioether (sulfide) groups is 1. The Hall–Kier alpha value is -0.380. The van der Waals surface area contributed by atoms with Gasteiger partial charge in [-0.1, -0.05) is 0 Å². The van der Waals surface area contributed by atoms with Crippen LogP contribution in [0, 0.1) is 0 Å². The second kappa shape index (κ2) is 4.49. The van der Waals surface area contributed by atoms with Crippen LogP contribution in [0.25, 0.3) is 5.41 Å². The van der Waals surface area contributed by atoms with Crippen LogP contribution in [0.5, 0.6) is 0 Å². The lowest BCUT2D eigenvalue weighted by Crippen LogP contribution is -1.98. The van der Waals surface area contributed by atoms with Crippen LogP contribution >= 0.6 is 11.8 Å². The largest absolute Gasteiger partial charge is 0.422 e. The maximum absolute atomic E-state index is 11.2. The maximum atomic E-state index is 11.2. The van der Waals surface area contributed by atoms with E-state index in [0.29, 0.717) is 5.03 Å². The Morgan fingerprint density at radius 1 is 1.73 bits per heavy atom. The number of hydrogen-bond donors (Lipinski definition) is 0. The fourth-order valence-corrected chi connectivity index (χ4v) is 2.16. The lowest BCUT2D eigenvalue weighted by Gasteiger charge is -1.99. The van der Waals surface area contributed by atoms with E-state index in [1.54, 1.807) is 24.8 Å². The fraction of sp³-hybridized carbons (Fsp3) is 0.500. The van der Waals surface area contributed by atoms with Crippen molar-refractivity contribution < 1.29 is 4.21 Å². The summed E-state index contributed by atoms with van der Waals surface area (Å²) in [5, 5.41) is 10.2. The summed E-state index contributed by atoms with van der Waals surface area (Å²) in [6, 6.07) is 1.65. The van der Waals surface area contributed by atoms with Crippen LogP contribution in [0.2, 0.25) is 0 Å². The van der Waals surface area contributed by atoms with Gasteiger partial charge >= 0.3 is 0 Å². The van der Waals surface area contributed by atoms with E-state index in [1.807, 2.05) is 0 Å². The van der Waals surface area contributed by atoms with Gasteiger partial charge < -0.3 is 10.4 Å². The zero-order valence-electron chi connectivity index (χ0n) is 6.70. The highest BCUT2D eigenvalue weighted by Gasteiger charge is 2.07. The molecule has 0 bridgehead atoms. The zero-order chi connectivity index (χ0) is 8.91. The van der Waals surface area contributed by atoms with Gasteiger partial charge in [-0.25, -0.2) is 0 Å². The van der Waals surface area contributed by atoms with Crippen LogP contribution in [0.1, 0.15) is 0 Å². The molecule has 3 nitrogen and oxygen atoms in total. The molecule has 0 aliphatic heterocycles. The molecule has 0 rings (SSSR count). The van der Waals surface area contributed by atoms with Gasteiger partial charge in [0.15, 0.2) is 0 Å². The maximum Gasteiger partial charge on any atom is 0.132 e. The summed E-state index contributed by atoms with van der Waals surface area (Å²) < 4.78 is 11.2. The first-order valence-electron chi connectivity index (χ1n) is 2.79. The smallest absolute Gasteiger partial charge is 0.132 e. The second-order valence-corrected chi connectivity index (χ2v) is 5.86. The SMILES string of the molecule is CS/C(=C/[S+](C)(C)=O)N=C=[N-]. The van der Waals surface area contributed by atoms with E-state index in [-0.39, 0.29) is 0 Å². The molecule has 0 radical (unpaired) electrons. The Labute approximate surface area is 71.9 Å². The molecule has 0 aromatic rings. The number of nitrogens with zero attached hydrogens (tertiary/aromatic N) is 2. The van der Waals surface area contributed by atoms with Crippen LogP contribution in [-0.2, 0) is 14.1 Å². The average Bonchev–Trinajstić information content (AvgIpc) is 1.84. The molecule has 0 aromatic carbocycles. The number of aliphatic imine (C=N–C) groups is 1. The molecule has 0 saturated heterocycles. The van der Waals surface area contributed by atoms with E-state index in [4.69, 9.17) is 5.41 Å². The van der Waals surface area contributed by atoms with Crippen LogP contribution in [0.4, 0.5) is 0 Å².